The molecule has 1 fully saturated rings. The van der Waals surface area contributed by atoms with E-state index in [-0.39, 0.29) is 5.91 Å². The van der Waals surface area contributed by atoms with Crippen LogP contribution in [0.25, 0.3) is 0 Å². The lowest BCUT2D eigenvalue weighted by Gasteiger charge is -2.30. The number of hydrogen-bond donors (Lipinski definition) is 1. The van der Waals surface area contributed by atoms with Crippen molar-refractivity contribution in [2.75, 3.05) is 32.8 Å². The van der Waals surface area contributed by atoms with Gasteiger partial charge in [0.1, 0.15) is 5.25 Å². The molecule has 0 aliphatic carbocycles. The third-order valence-corrected chi connectivity index (χ3v) is 5.84. The van der Waals surface area contributed by atoms with Crippen LogP contribution in [0.1, 0.15) is 20.3 Å². The van der Waals surface area contributed by atoms with Crippen molar-refractivity contribution in [3.05, 3.63) is 0 Å². The average Bonchev–Trinajstić information content (AvgIpc) is 2.38. The molecule has 1 rings (SSSR count). The smallest absolute Gasteiger partial charge is 0.240 e. The minimum Gasteiger partial charge on any atom is -0.378 e. The maximum Gasteiger partial charge on any atom is 0.240 e. The molecule has 1 aliphatic rings. The van der Waals surface area contributed by atoms with Crippen LogP contribution in [0, 0.1) is 0 Å². The summed E-state index contributed by atoms with van der Waals surface area (Å²) in [5.41, 5.74) is 5.37. The maximum absolute atomic E-state index is 12.2. The number of amides is 1. The summed E-state index contributed by atoms with van der Waals surface area (Å²) in [5.74, 6) is -0.331. The van der Waals surface area contributed by atoms with Crippen LogP contribution >= 0.6 is 0 Å². The van der Waals surface area contributed by atoms with E-state index >= 15 is 0 Å². The molecule has 1 heterocycles. The molecule has 2 unspecified atom stereocenters. The summed E-state index contributed by atoms with van der Waals surface area (Å²) in [4.78, 5) is 13.7. The first-order valence-corrected chi connectivity index (χ1v) is 7.81. The summed E-state index contributed by atoms with van der Waals surface area (Å²) in [6, 6.07) is 0. The number of rotatable bonds is 5. The number of nitrogens with zero attached hydrogens (tertiary/aromatic N) is 1. The fraction of sp³-hybridized carbons (Fsp3) is 0.909. The summed E-state index contributed by atoms with van der Waals surface area (Å²) in [7, 11) is -3.46. The Morgan fingerprint density at radius 1 is 1.33 bits per heavy atom. The Labute approximate surface area is 108 Å². The van der Waals surface area contributed by atoms with Crippen molar-refractivity contribution in [3.8, 4) is 0 Å². The number of carbonyl (C=O) groups is 1. The van der Waals surface area contributed by atoms with Gasteiger partial charge in [0, 0.05) is 13.1 Å². The first-order valence-electron chi connectivity index (χ1n) is 6.20. The SMILES string of the molecule is CC(CCN)S(=O)(=O)C(C)C(=O)N1CCOCC1. The number of sulfone groups is 1. The van der Waals surface area contributed by atoms with E-state index in [9.17, 15) is 13.2 Å². The molecule has 0 aromatic rings. The predicted molar refractivity (Wildman–Crippen MR) is 68.9 cm³/mol. The van der Waals surface area contributed by atoms with Crippen molar-refractivity contribution in [1.29, 1.82) is 0 Å². The van der Waals surface area contributed by atoms with Gasteiger partial charge in [0.25, 0.3) is 0 Å². The van der Waals surface area contributed by atoms with E-state index in [0.29, 0.717) is 39.3 Å². The Morgan fingerprint density at radius 3 is 2.39 bits per heavy atom. The van der Waals surface area contributed by atoms with E-state index in [4.69, 9.17) is 10.5 Å². The highest BCUT2D eigenvalue weighted by Crippen LogP contribution is 2.15. The summed E-state index contributed by atoms with van der Waals surface area (Å²) >= 11 is 0. The number of ether oxygens (including phenoxy) is 1. The summed E-state index contributed by atoms with van der Waals surface area (Å²) in [5, 5.41) is -1.58. The largest absolute Gasteiger partial charge is 0.378 e. The third-order valence-electron chi connectivity index (χ3n) is 3.30. The molecule has 1 saturated heterocycles. The van der Waals surface area contributed by atoms with Gasteiger partial charge in [-0.2, -0.15) is 0 Å². The van der Waals surface area contributed by atoms with Gasteiger partial charge in [-0.25, -0.2) is 8.42 Å². The van der Waals surface area contributed by atoms with Crippen molar-refractivity contribution in [2.24, 2.45) is 5.73 Å². The summed E-state index contributed by atoms with van der Waals surface area (Å²) < 4.78 is 29.5. The molecule has 1 amide bonds. The Morgan fingerprint density at radius 2 is 1.89 bits per heavy atom. The van der Waals surface area contributed by atoms with Gasteiger partial charge in [-0.1, -0.05) is 0 Å². The van der Waals surface area contributed by atoms with Gasteiger partial charge in [-0.3, -0.25) is 4.79 Å². The number of morpholine rings is 1. The molecule has 0 spiro atoms. The first-order chi connectivity index (χ1) is 8.41. The van der Waals surface area contributed by atoms with Gasteiger partial charge in [-0.05, 0) is 26.8 Å². The molecule has 0 aromatic heterocycles. The first kappa shape index (κ1) is 15.4. The average molecular weight is 278 g/mol. The summed E-state index contributed by atoms with van der Waals surface area (Å²) in [6.07, 6.45) is 0.378. The molecular formula is C11H22N2O4S. The van der Waals surface area contributed by atoms with Gasteiger partial charge in [0.15, 0.2) is 9.84 Å². The van der Waals surface area contributed by atoms with E-state index in [2.05, 4.69) is 0 Å². The molecule has 1 aliphatic heterocycles. The molecule has 0 bridgehead atoms. The third kappa shape index (κ3) is 3.43. The topological polar surface area (TPSA) is 89.7 Å². The zero-order valence-electron chi connectivity index (χ0n) is 11.0. The lowest BCUT2D eigenvalue weighted by atomic mass is 10.3. The highest BCUT2D eigenvalue weighted by molar-refractivity contribution is 7.93. The van der Waals surface area contributed by atoms with Crippen LogP contribution < -0.4 is 5.73 Å². The molecule has 18 heavy (non-hydrogen) atoms. The van der Waals surface area contributed by atoms with Gasteiger partial charge in [0.2, 0.25) is 5.91 Å². The molecule has 0 saturated carbocycles. The Hall–Kier alpha value is -0.660. The fourth-order valence-corrected chi connectivity index (χ4v) is 3.52. The van der Waals surface area contributed by atoms with Crippen LogP contribution in [-0.4, -0.2) is 62.6 Å². The predicted octanol–water partition coefficient (Wildman–Crippen LogP) is -0.614. The maximum atomic E-state index is 12.2. The van der Waals surface area contributed by atoms with E-state index in [1.807, 2.05) is 0 Å². The van der Waals surface area contributed by atoms with E-state index < -0.39 is 20.3 Å². The quantitative estimate of drug-likeness (QED) is 0.724. The van der Waals surface area contributed by atoms with E-state index in [0.717, 1.165) is 0 Å². The zero-order chi connectivity index (χ0) is 13.8. The highest BCUT2D eigenvalue weighted by Gasteiger charge is 2.35. The second-order valence-electron chi connectivity index (χ2n) is 4.56. The minimum absolute atomic E-state index is 0.304. The zero-order valence-corrected chi connectivity index (χ0v) is 11.8. The minimum atomic E-state index is -3.46. The van der Waals surface area contributed by atoms with Crippen LogP contribution in [0.5, 0.6) is 0 Å². The monoisotopic (exact) mass is 278 g/mol. The fourth-order valence-electron chi connectivity index (χ4n) is 1.93. The summed E-state index contributed by atoms with van der Waals surface area (Å²) in [6.45, 7) is 5.23. The normalized spacial score (nSPS) is 20.5. The molecule has 106 valence electrons. The van der Waals surface area contributed by atoms with Gasteiger partial charge < -0.3 is 15.4 Å². The van der Waals surface area contributed by atoms with Crippen LogP contribution in [0.2, 0.25) is 0 Å². The number of hydrogen-bond acceptors (Lipinski definition) is 5. The molecule has 2 atom stereocenters. The second kappa shape index (κ2) is 6.49. The van der Waals surface area contributed by atoms with Crippen LogP contribution in [0.4, 0.5) is 0 Å². The van der Waals surface area contributed by atoms with Crippen molar-refractivity contribution in [2.45, 2.75) is 30.8 Å². The molecule has 0 aromatic carbocycles. The van der Waals surface area contributed by atoms with Crippen molar-refractivity contribution >= 4 is 15.7 Å². The van der Waals surface area contributed by atoms with Crippen LogP contribution in [0.15, 0.2) is 0 Å². The molecule has 6 nitrogen and oxygen atoms in total. The lowest BCUT2D eigenvalue weighted by Crippen LogP contribution is -2.48. The number of nitrogens with two attached hydrogens (primary N) is 1. The van der Waals surface area contributed by atoms with Gasteiger partial charge in [0.05, 0.1) is 18.5 Å². The van der Waals surface area contributed by atoms with Crippen LogP contribution in [-0.2, 0) is 19.4 Å². The van der Waals surface area contributed by atoms with E-state index in [1.54, 1.807) is 11.8 Å². The number of carbonyl (C=O) groups excluding carboxylic acids is 1. The lowest BCUT2D eigenvalue weighted by molar-refractivity contribution is -0.134. The van der Waals surface area contributed by atoms with Gasteiger partial charge >= 0.3 is 0 Å². The Balaban J connectivity index is 2.72. The Kier molecular flexibility index (Phi) is 5.55. The Bertz CT molecular complexity index is 377. The molecule has 0 radical (unpaired) electrons. The van der Waals surface area contributed by atoms with Crippen molar-refractivity contribution in [3.63, 3.8) is 0 Å². The van der Waals surface area contributed by atoms with E-state index in [1.165, 1.54) is 6.92 Å². The van der Waals surface area contributed by atoms with Crippen LogP contribution in [0.3, 0.4) is 0 Å². The van der Waals surface area contributed by atoms with Gasteiger partial charge in [-0.15, -0.1) is 0 Å². The van der Waals surface area contributed by atoms with Crippen molar-refractivity contribution in [1.82, 2.24) is 4.90 Å². The highest BCUT2D eigenvalue weighted by atomic mass is 32.2. The van der Waals surface area contributed by atoms with Crippen molar-refractivity contribution < 1.29 is 17.9 Å². The molecular weight excluding hydrogens is 256 g/mol. The molecule has 2 N–H and O–H groups in total. The second-order valence-corrected chi connectivity index (χ2v) is 7.25. The standard InChI is InChI=1S/C11H22N2O4S/c1-9(3-4-12)18(15,16)10(2)11(14)13-5-7-17-8-6-13/h9-10H,3-8,12H2,1-2H3. The molecule has 7 heteroatoms.